The Morgan fingerprint density at radius 3 is 2.58 bits per heavy atom. The van der Waals surface area contributed by atoms with Crippen molar-refractivity contribution in [2.24, 2.45) is 0 Å². The fourth-order valence-corrected chi connectivity index (χ4v) is 4.96. The summed E-state index contributed by atoms with van der Waals surface area (Å²) < 4.78 is 5.24. The number of hydrogen-bond donors (Lipinski definition) is 3. The smallest absolute Gasteiger partial charge is 0.276 e. The Balaban J connectivity index is 1.64. The molecule has 1 aliphatic heterocycles. The van der Waals surface area contributed by atoms with Gasteiger partial charge in [0.05, 0.1) is 10.7 Å². The first-order chi connectivity index (χ1) is 16.0. The second-order valence-electron chi connectivity index (χ2n) is 7.81. The number of nitrogens with zero attached hydrogens (tertiary/aromatic N) is 1. The van der Waals surface area contributed by atoms with E-state index in [0.717, 1.165) is 21.2 Å². The minimum absolute atomic E-state index is 0.287. The lowest BCUT2D eigenvalue weighted by Crippen LogP contribution is -2.21. The van der Waals surface area contributed by atoms with Crippen LogP contribution in [0.2, 0.25) is 0 Å². The summed E-state index contributed by atoms with van der Waals surface area (Å²) in [6.45, 7) is 1.97. The van der Waals surface area contributed by atoms with Crippen molar-refractivity contribution < 1.29 is 14.4 Å². The van der Waals surface area contributed by atoms with E-state index in [9.17, 15) is 14.4 Å². The molecule has 0 fully saturated rings. The SMILES string of the molecule is CNC(=O)c1cc(NC(=O)c2nsc3ccccc23)c2c(c1)C(=O)N[C@H]2c1ccccc1C. The van der Waals surface area contributed by atoms with Gasteiger partial charge in [-0.25, -0.2) is 0 Å². The number of nitrogens with one attached hydrogen (secondary N) is 3. The molecule has 0 spiro atoms. The zero-order valence-corrected chi connectivity index (χ0v) is 18.7. The molecule has 2 heterocycles. The van der Waals surface area contributed by atoms with Crippen LogP contribution in [0.25, 0.3) is 10.1 Å². The van der Waals surface area contributed by atoms with Gasteiger partial charge in [-0.05, 0) is 47.8 Å². The van der Waals surface area contributed by atoms with E-state index in [4.69, 9.17) is 0 Å². The maximum atomic E-state index is 13.3. The number of fused-ring (bicyclic) bond motifs is 2. The van der Waals surface area contributed by atoms with Crippen LogP contribution >= 0.6 is 11.5 Å². The number of amides is 3. The van der Waals surface area contributed by atoms with Gasteiger partial charge in [-0.2, -0.15) is 4.37 Å². The van der Waals surface area contributed by atoms with Gasteiger partial charge in [-0.3, -0.25) is 14.4 Å². The van der Waals surface area contributed by atoms with Crippen LogP contribution in [0.1, 0.15) is 53.9 Å². The summed E-state index contributed by atoms with van der Waals surface area (Å²) in [4.78, 5) is 38.6. The Morgan fingerprint density at radius 2 is 1.79 bits per heavy atom. The van der Waals surface area contributed by atoms with Crippen LogP contribution < -0.4 is 16.0 Å². The quantitative estimate of drug-likeness (QED) is 0.431. The number of carbonyl (C=O) groups is 3. The van der Waals surface area contributed by atoms with Crippen LogP contribution in [0.4, 0.5) is 5.69 Å². The van der Waals surface area contributed by atoms with Crippen molar-refractivity contribution in [2.75, 3.05) is 12.4 Å². The molecule has 7 nitrogen and oxygen atoms in total. The molecular weight excluding hydrogens is 436 g/mol. The number of benzene rings is 3. The molecule has 1 atom stereocenters. The van der Waals surface area contributed by atoms with Crippen molar-refractivity contribution in [1.82, 2.24) is 15.0 Å². The number of rotatable bonds is 4. The first-order valence-corrected chi connectivity index (χ1v) is 11.2. The maximum absolute atomic E-state index is 13.3. The number of carbonyl (C=O) groups excluding carboxylic acids is 3. The zero-order valence-electron chi connectivity index (χ0n) is 17.9. The molecule has 8 heteroatoms. The topological polar surface area (TPSA) is 100 Å². The predicted molar refractivity (Wildman–Crippen MR) is 128 cm³/mol. The Bertz CT molecular complexity index is 1440. The molecule has 0 radical (unpaired) electrons. The van der Waals surface area contributed by atoms with Crippen LogP contribution in [-0.2, 0) is 0 Å². The van der Waals surface area contributed by atoms with Crippen LogP contribution in [-0.4, -0.2) is 29.1 Å². The Kier molecular flexibility index (Phi) is 5.14. The van der Waals surface area contributed by atoms with Crippen molar-refractivity contribution in [2.45, 2.75) is 13.0 Å². The number of hydrogen-bond acceptors (Lipinski definition) is 5. The van der Waals surface area contributed by atoms with Crippen molar-refractivity contribution in [3.8, 4) is 0 Å². The van der Waals surface area contributed by atoms with Gasteiger partial charge in [0.15, 0.2) is 0 Å². The van der Waals surface area contributed by atoms with E-state index in [0.29, 0.717) is 22.5 Å². The molecule has 1 aromatic heterocycles. The molecule has 4 aromatic rings. The largest absolute Gasteiger partial charge is 0.355 e. The summed E-state index contributed by atoms with van der Waals surface area (Å²) in [6, 6.07) is 18.0. The molecule has 0 aliphatic carbocycles. The van der Waals surface area contributed by atoms with E-state index in [2.05, 4.69) is 20.3 Å². The minimum Gasteiger partial charge on any atom is -0.355 e. The minimum atomic E-state index is -0.449. The van der Waals surface area contributed by atoms with Crippen LogP contribution in [0.15, 0.2) is 60.7 Å². The van der Waals surface area contributed by atoms with Crippen molar-refractivity contribution in [1.29, 1.82) is 0 Å². The van der Waals surface area contributed by atoms with Gasteiger partial charge in [0.1, 0.15) is 5.69 Å². The monoisotopic (exact) mass is 456 g/mol. The van der Waals surface area contributed by atoms with E-state index < -0.39 is 11.9 Å². The lowest BCUT2D eigenvalue weighted by atomic mass is 9.92. The van der Waals surface area contributed by atoms with E-state index in [1.54, 1.807) is 12.1 Å². The summed E-state index contributed by atoms with van der Waals surface area (Å²) in [5.74, 6) is -1.04. The molecule has 0 bridgehead atoms. The summed E-state index contributed by atoms with van der Waals surface area (Å²) in [5.41, 5.74) is 3.92. The molecule has 0 saturated heterocycles. The lowest BCUT2D eigenvalue weighted by molar-refractivity contribution is 0.0959. The van der Waals surface area contributed by atoms with Gasteiger partial charge >= 0.3 is 0 Å². The highest BCUT2D eigenvalue weighted by Crippen LogP contribution is 2.39. The highest BCUT2D eigenvalue weighted by molar-refractivity contribution is 7.13. The summed E-state index contributed by atoms with van der Waals surface area (Å²) in [6.07, 6.45) is 0. The van der Waals surface area contributed by atoms with Gasteiger partial charge < -0.3 is 16.0 Å². The molecule has 5 rings (SSSR count). The third kappa shape index (κ3) is 3.54. The third-order valence-electron chi connectivity index (χ3n) is 5.82. The van der Waals surface area contributed by atoms with Gasteiger partial charge in [0.25, 0.3) is 17.7 Å². The fourth-order valence-electron chi connectivity index (χ4n) is 4.19. The van der Waals surface area contributed by atoms with Crippen molar-refractivity contribution in [3.05, 3.63) is 94.2 Å². The van der Waals surface area contributed by atoms with Gasteiger partial charge in [-0.15, -0.1) is 0 Å². The highest BCUT2D eigenvalue weighted by atomic mass is 32.1. The standard InChI is InChI=1S/C25H20N4O3S/c1-13-7-3-4-8-15(13)21-20-17(24(31)28-21)11-14(23(30)26-2)12-18(20)27-25(32)22-16-9-5-6-10-19(16)33-29-22/h3-12,21H,1-2H3,(H,26,30)(H,27,32)(H,28,31)/t21-/m0/s1. The van der Waals surface area contributed by atoms with E-state index in [1.165, 1.54) is 18.6 Å². The molecule has 0 saturated carbocycles. The van der Waals surface area contributed by atoms with Crippen molar-refractivity contribution in [3.63, 3.8) is 0 Å². The fraction of sp³-hybridized carbons (Fsp3) is 0.120. The average Bonchev–Trinajstić information content (AvgIpc) is 3.40. The predicted octanol–water partition coefficient (Wildman–Crippen LogP) is 4.05. The number of aryl methyl sites for hydroxylation is 1. The van der Waals surface area contributed by atoms with E-state index in [-0.39, 0.29) is 17.4 Å². The molecule has 0 unspecified atom stereocenters. The summed E-state index contributed by atoms with van der Waals surface area (Å²) >= 11 is 1.25. The molecule has 1 aliphatic rings. The Hall–Kier alpha value is -4.04. The molecular formula is C25H20N4O3S. The van der Waals surface area contributed by atoms with Crippen LogP contribution in [0.3, 0.4) is 0 Å². The molecule has 3 amide bonds. The Labute approximate surface area is 194 Å². The highest BCUT2D eigenvalue weighted by Gasteiger charge is 2.35. The van der Waals surface area contributed by atoms with Crippen LogP contribution in [0, 0.1) is 6.92 Å². The lowest BCUT2D eigenvalue weighted by Gasteiger charge is -2.19. The van der Waals surface area contributed by atoms with Gasteiger partial charge in [-0.1, -0.05) is 42.5 Å². The second kappa shape index (κ2) is 8.14. The first-order valence-electron chi connectivity index (χ1n) is 10.4. The molecule has 3 N–H and O–H groups in total. The molecule has 3 aromatic carbocycles. The van der Waals surface area contributed by atoms with Gasteiger partial charge in [0, 0.05) is 34.8 Å². The number of aromatic nitrogens is 1. The maximum Gasteiger partial charge on any atom is 0.276 e. The second-order valence-corrected chi connectivity index (χ2v) is 8.61. The normalized spacial score (nSPS) is 14.6. The summed E-state index contributed by atoms with van der Waals surface area (Å²) in [7, 11) is 1.52. The third-order valence-corrected chi connectivity index (χ3v) is 6.64. The Morgan fingerprint density at radius 1 is 1.03 bits per heavy atom. The van der Waals surface area contributed by atoms with Gasteiger partial charge in [0.2, 0.25) is 0 Å². The molecule has 164 valence electrons. The van der Waals surface area contributed by atoms with E-state index in [1.807, 2.05) is 55.5 Å². The summed E-state index contributed by atoms with van der Waals surface area (Å²) in [5, 5.41) is 9.26. The first kappa shape index (κ1) is 20.8. The molecule has 33 heavy (non-hydrogen) atoms. The number of anilines is 1. The van der Waals surface area contributed by atoms with Crippen molar-refractivity contribution >= 4 is 45.0 Å². The van der Waals surface area contributed by atoms with Crippen LogP contribution in [0.5, 0.6) is 0 Å². The van der Waals surface area contributed by atoms with E-state index >= 15 is 0 Å². The average molecular weight is 457 g/mol. The zero-order chi connectivity index (χ0) is 23.1.